The number of hydrogen-bond donors (Lipinski definition) is 3. The lowest BCUT2D eigenvalue weighted by molar-refractivity contribution is -0.133. The van der Waals surface area contributed by atoms with E-state index in [1.165, 1.54) is 0 Å². The Morgan fingerprint density at radius 2 is 1.75 bits per heavy atom. The second-order valence-electron chi connectivity index (χ2n) is 4.23. The van der Waals surface area contributed by atoms with Gasteiger partial charge in [0.1, 0.15) is 0 Å². The molecule has 0 aromatic heterocycles. The summed E-state index contributed by atoms with van der Waals surface area (Å²) in [6.07, 6.45) is 2.62. The molecule has 0 atom stereocenters. The van der Waals surface area contributed by atoms with Gasteiger partial charge in [-0.3, -0.25) is 4.79 Å². The maximum atomic E-state index is 11.9. The summed E-state index contributed by atoms with van der Waals surface area (Å²) in [7, 11) is 0. The minimum absolute atomic E-state index is 0.0437. The zero-order valence-corrected chi connectivity index (χ0v) is 9.69. The average molecular weight is 230 g/mol. The monoisotopic (exact) mass is 230 g/mol. The number of nitrogens with one attached hydrogen (secondary N) is 1. The van der Waals surface area contributed by atoms with Crippen LogP contribution in [0.15, 0.2) is 0 Å². The number of amides is 1. The van der Waals surface area contributed by atoms with Gasteiger partial charge in [-0.1, -0.05) is 0 Å². The maximum absolute atomic E-state index is 11.9. The number of nitrogens with zero attached hydrogens (tertiary/aromatic N) is 1. The third-order valence-corrected chi connectivity index (χ3v) is 3.01. The van der Waals surface area contributed by atoms with Crippen LogP contribution in [0.4, 0.5) is 0 Å². The summed E-state index contributed by atoms with van der Waals surface area (Å²) in [5.41, 5.74) is 0. The molecule has 0 aromatic carbocycles. The van der Waals surface area contributed by atoms with Gasteiger partial charge in [0.2, 0.25) is 5.91 Å². The molecular formula is C11H22N2O3. The normalized spacial score (nSPS) is 17.4. The summed E-state index contributed by atoms with van der Waals surface area (Å²) in [5, 5.41) is 20.9. The summed E-state index contributed by atoms with van der Waals surface area (Å²) in [5.74, 6) is 0.503. The van der Waals surface area contributed by atoms with Crippen molar-refractivity contribution in [1.82, 2.24) is 10.2 Å². The van der Waals surface area contributed by atoms with Crippen LogP contribution in [-0.4, -0.2) is 60.4 Å². The third kappa shape index (κ3) is 4.47. The van der Waals surface area contributed by atoms with Crippen molar-refractivity contribution in [3.63, 3.8) is 0 Å². The molecule has 1 saturated heterocycles. The molecule has 5 heteroatoms. The van der Waals surface area contributed by atoms with E-state index < -0.39 is 0 Å². The summed E-state index contributed by atoms with van der Waals surface area (Å²) in [6, 6.07) is 0. The Balaban J connectivity index is 2.34. The number of aliphatic hydroxyl groups excluding tert-OH is 2. The van der Waals surface area contributed by atoms with Crippen LogP contribution in [0, 0.1) is 5.92 Å². The van der Waals surface area contributed by atoms with Gasteiger partial charge in [0.25, 0.3) is 0 Å². The first-order valence-corrected chi connectivity index (χ1v) is 5.98. The predicted octanol–water partition coefficient (Wildman–Crippen LogP) is -0.811. The number of piperidine rings is 1. The van der Waals surface area contributed by atoms with E-state index in [-0.39, 0.29) is 19.1 Å². The number of rotatable bonds is 6. The van der Waals surface area contributed by atoms with Gasteiger partial charge in [0, 0.05) is 19.5 Å². The highest BCUT2D eigenvalue weighted by Gasteiger charge is 2.20. The lowest BCUT2D eigenvalue weighted by atomic mass is 9.94. The summed E-state index contributed by atoms with van der Waals surface area (Å²) >= 11 is 0. The van der Waals surface area contributed by atoms with Gasteiger partial charge in [-0.15, -0.1) is 0 Å². The maximum Gasteiger partial charge on any atom is 0.223 e. The molecule has 0 radical (unpaired) electrons. The first kappa shape index (κ1) is 13.4. The smallest absolute Gasteiger partial charge is 0.223 e. The van der Waals surface area contributed by atoms with E-state index in [1.54, 1.807) is 4.90 Å². The van der Waals surface area contributed by atoms with Crippen molar-refractivity contribution in [1.29, 1.82) is 0 Å². The molecule has 0 unspecified atom stereocenters. The Labute approximate surface area is 96.4 Å². The molecule has 0 bridgehead atoms. The Kier molecular flexibility index (Phi) is 6.37. The van der Waals surface area contributed by atoms with Crippen LogP contribution in [0.25, 0.3) is 0 Å². The van der Waals surface area contributed by atoms with Gasteiger partial charge in [0.05, 0.1) is 13.2 Å². The Morgan fingerprint density at radius 1 is 1.19 bits per heavy atom. The van der Waals surface area contributed by atoms with Crippen LogP contribution in [0.1, 0.15) is 19.3 Å². The van der Waals surface area contributed by atoms with E-state index in [9.17, 15) is 4.79 Å². The van der Waals surface area contributed by atoms with Crippen LogP contribution in [0.2, 0.25) is 0 Å². The molecule has 0 aromatic rings. The van der Waals surface area contributed by atoms with E-state index in [0.29, 0.717) is 25.4 Å². The van der Waals surface area contributed by atoms with Crippen LogP contribution >= 0.6 is 0 Å². The molecular weight excluding hydrogens is 208 g/mol. The quantitative estimate of drug-likeness (QED) is 0.558. The van der Waals surface area contributed by atoms with Crippen molar-refractivity contribution in [2.75, 3.05) is 39.4 Å². The molecule has 1 heterocycles. The van der Waals surface area contributed by atoms with E-state index in [4.69, 9.17) is 10.2 Å². The summed E-state index contributed by atoms with van der Waals surface area (Å²) in [4.78, 5) is 13.4. The van der Waals surface area contributed by atoms with E-state index in [0.717, 1.165) is 25.9 Å². The second-order valence-corrected chi connectivity index (χ2v) is 4.23. The van der Waals surface area contributed by atoms with Gasteiger partial charge in [-0.25, -0.2) is 0 Å². The molecule has 0 aliphatic carbocycles. The van der Waals surface area contributed by atoms with Crippen molar-refractivity contribution >= 4 is 5.91 Å². The van der Waals surface area contributed by atoms with Crippen LogP contribution < -0.4 is 5.32 Å². The molecule has 1 aliphatic rings. The Hall–Kier alpha value is -0.650. The highest BCUT2D eigenvalue weighted by atomic mass is 16.3. The van der Waals surface area contributed by atoms with E-state index >= 15 is 0 Å². The molecule has 1 amide bonds. The van der Waals surface area contributed by atoms with E-state index in [1.807, 2.05) is 0 Å². The van der Waals surface area contributed by atoms with Crippen molar-refractivity contribution in [3.05, 3.63) is 0 Å². The van der Waals surface area contributed by atoms with E-state index in [2.05, 4.69) is 5.32 Å². The number of hydrogen-bond acceptors (Lipinski definition) is 4. The molecule has 94 valence electrons. The standard InChI is InChI=1S/C11H22N2O3/c14-7-5-13(6-8-15)11(16)9-10-1-3-12-4-2-10/h10,12,14-15H,1-9H2. The first-order chi connectivity index (χ1) is 7.77. The van der Waals surface area contributed by atoms with Crippen molar-refractivity contribution in [3.8, 4) is 0 Å². The second kappa shape index (κ2) is 7.60. The highest BCUT2D eigenvalue weighted by Crippen LogP contribution is 2.16. The number of aliphatic hydroxyl groups is 2. The van der Waals surface area contributed by atoms with Gasteiger partial charge < -0.3 is 20.4 Å². The van der Waals surface area contributed by atoms with Gasteiger partial charge in [0.15, 0.2) is 0 Å². The van der Waals surface area contributed by atoms with Crippen molar-refractivity contribution < 1.29 is 15.0 Å². The van der Waals surface area contributed by atoms with Crippen LogP contribution in [0.3, 0.4) is 0 Å². The highest BCUT2D eigenvalue weighted by molar-refractivity contribution is 5.76. The molecule has 3 N–H and O–H groups in total. The topological polar surface area (TPSA) is 72.8 Å². The lowest BCUT2D eigenvalue weighted by Gasteiger charge is -2.26. The zero-order valence-electron chi connectivity index (χ0n) is 9.69. The predicted molar refractivity (Wildman–Crippen MR) is 61.0 cm³/mol. The molecule has 5 nitrogen and oxygen atoms in total. The number of carbonyl (C=O) groups is 1. The summed E-state index contributed by atoms with van der Waals surface area (Å²) < 4.78 is 0. The largest absolute Gasteiger partial charge is 0.395 e. The van der Waals surface area contributed by atoms with Crippen LogP contribution in [0.5, 0.6) is 0 Å². The molecule has 0 spiro atoms. The molecule has 16 heavy (non-hydrogen) atoms. The molecule has 1 fully saturated rings. The Morgan fingerprint density at radius 3 is 2.25 bits per heavy atom. The minimum atomic E-state index is -0.0437. The molecule has 1 rings (SSSR count). The van der Waals surface area contributed by atoms with Gasteiger partial charge in [-0.2, -0.15) is 0 Å². The lowest BCUT2D eigenvalue weighted by Crippen LogP contribution is -2.38. The zero-order chi connectivity index (χ0) is 11.8. The SMILES string of the molecule is O=C(CC1CCNCC1)N(CCO)CCO. The third-order valence-electron chi connectivity index (χ3n) is 3.01. The fraction of sp³-hybridized carbons (Fsp3) is 0.909. The Bertz CT molecular complexity index is 199. The van der Waals surface area contributed by atoms with Gasteiger partial charge in [-0.05, 0) is 31.8 Å². The minimum Gasteiger partial charge on any atom is -0.395 e. The van der Waals surface area contributed by atoms with Crippen molar-refractivity contribution in [2.24, 2.45) is 5.92 Å². The van der Waals surface area contributed by atoms with Gasteiger partial charge >= 0.3 is 0 Å². The molecule has 0 saturated carbocycles. The molecule has 1 aliphatic heterocycles. The number of carbonyl (C=O) groups excluding carboxylic acids is 1. The fourth-order valence-corrected chi connectivity index (χ4v) is 2.06. The van der Waals surface area contributed by atoms with Crippen LogP contribution in [-0.2, 0) is 4.79 Å². The first-order valence-electron chi connectivity index (χ1n) is 5.98. The van der Waals surface area contributed by atoms with Crippen molar-refractivity contribution in [2.45, 2.75) is 19.3 Å². The average Bonchev–Trinajstić information content (AvgIpc) is 2.30. The fourth-order valence-electron chi connectivity index (χ4n) is 2.06. The summed E-state index contributed by atoms with van der Waals surface area (Å²) in [6.45, 7) is 2.53.